The Morgan fingerprint density at radius 1 is 1.17 bits per heavy atom. The molecule has 0 spiro atoms. The largest absolute Gasteiger partial charge is 0.465 e. The highest BCUT2D eigenvalue weighted by Crippen LogP contribution is 2.23. The van der Waals surface area contributed by atoms with Gasteiger partial charge in [0.15, 0.2) is 11.2 Å². The van der Waals surface area contributed by atoms with Crippen molar-refractivity contribution in [3.63, 3.8) is 0 Å². The van der Waals surface area contributed by atoms with Gasteiger partial charge in [0.05, 0.1) is 36.5 Å². The fourth-order valence-corrected chi connectivity index (χ4v) is 5.17. The molecule has 4 heterocycles. The SMILES string of the molecule is CC#CCn1c(N2CCCC(N)C2)nc2c1c(=O)n(Cc1ccc3cccc(C#N)c3n1)c(=O)n2CC(=O)OCC. The first-order valence-electron chi connectivity index (χ1n) is 13.4. The van der Waals surface area contributed by atoms with Gasteiger partial charge in [0.1, 0.15) is 12.6 Å². The highest BCUT2D eigenvalue weighted by molar-refractivity contribution is 5.84. The van der Waals surface area contributed by atoms with E-state index in [1.165, 1.54) is 4.57 Å². The molecule has 1 aromatic carbocycles. The predicted molar refractivity (Wildman–Crippen MR) is 153 cm³/mol. The number of hydrogen-bond donors (Lipinski definition) is 1. The van der Waals surface area contributed by atoms with Gasteiger partial charge in [-0.05, 0) is 38.8 Å². The molecule has 1 aliphatic rings. The topological polar surface area (TPSA) is 154 Å². The second kappa shape index (κ2) is 11.7. The molecule has 4 aromatic rings. The van der Waals surface area contributed by atoms with E-state index in [0.29, 0.717) is 35.8 Å². The molecule has 0 bridgehead atoms. The zero-order chi connectivity index (χ0) is 29.1. The lowest BCUT2D eigenvalue weighted by Crippen LogP contribution is -2.44. The maximum absolute atomic E-state index is 14.0. The zero-order valence-corrected chi connectivity index (χ0v) is 23.0. The van der Waals surface area contributed by atoms with Gasteiger partial charge >= 0.3 is 11.7 Å². The summed E-state index contributed by atoms with van der Waals surface area (Å²) in [5, 5.41) is 10.3. The van der Waals surface area contributed by atoms with Gasteiger partial charge in [0.2, 0.25) is 5.95 Å². The summed E-state index contributed by atoms with van der Waals surface area (Å²) < 4.78 is 9.02. The van der Waals surface area contributed by atoms with Crippen molar-refractivity contribution in [2.45, 2.75) is 52.4 Å². The molecule has 1 fully saturated rings. The van der Waals surface area contributed by atoms with Gasteiger partial charge < -0.3 is 15.4 Å². The number of hydrogen-bond acceptors (Lipinski definition) is 9. The Balaban J connectivity index is 1.74. The van der Waals surface area contributed by atoms with Crippen LogP contribution in [0.25, 0.3) is 22.1 Å². The van der Waals surface area contributed by atoms with Gasteiger partial charge in [0.25, 0.3) is 5.56 Å². The van der Waals surface area contributed by atoms with Crippen LogP contribution in [0.4, 0.5) is 5.95 Å². The molecule has 1 atom stereocenters. The molecule has 41 heavy (non-hydrogen) atoms. The second-order valence-electron chi connectivity index (χ2n) is 9.80. The maximum atomic E-state index is 14.0. The minimum absolute atomic E-state index is 0.0649. The summed E-state index contributed by atoms with van der Waals surface area (Å²) in [4.78, 5) is 51.8. The van der Waals surface area contributed by atoms with E-state index in [-0.39, 0.29) is 36.9 Å². The maximum Gasteiger partial charge on any atom is 0.333 e. The standard InChI is InChI=1S/C29H30N8O4/c1-3-5-14-35-25-26(33-28(35)34-13-7-10-21(31)16-34)36(18-23(38)41-4-2)29(40)37(27(25)39)17-22-12-11-19-8-6-9-20(15-30)24(19)32-22/h6,8-9,11-12,21H,4,7,10,13-14,16-18,31H2,1-2H3. The van der Waals surface area contributed by atoms with Crippen molar-refractivity contribution >= 4 is 34.0 Å². The van der Waals surface area contributed by atoms with Gasteiger partial charge in [-0.3, -0.25) is 23.3 Å². The lowest BCUT2D eigenvalue weighted by atomic mass is 10.1. The minimum Gasteiger partial charge on any atom is -0.465 e. The van der Waals surface area contributed by atoms with Gasteiger partial charge in [-0.2, -0.15) is 10.2 Å². The summed E-state index contributed by atoms with van der Waals surface area (Å²) in [5.74, 6) is 5.69. The average molecular weight is 555 g/mol. The van der Waals surface area contributed by atoms with E-state index in [2.05, 4.69) is 22.9 Å². The Bertz CT molecular complexity index is 1870. The van der Waals surface area contributed by atoms with Crippen LogP contribution in [-0.2, 0) is 29.2 Å². The normalized spacial score (nSPS) is 15.0. The average Bonchev–Trinajstić information content (AvgIpc) is 3.35. The van der Waals surface area contributed by atoms with Gasteiger partial charge in [-0.25, -0.2) is 9.78 Å². The lowest BCUT2D eigenvalue weighted by Gasteiger charge is -2.31. The number of nitriles is 1. The monoisotopic (exact) mass is 554 g/mol. The molecule has 1 saturated heterocycles. The summed E-state index contributed by atoms with van der Waals surface area (Å²) in [5.41, 5.74) is 6.42. The van der Waals surface area contributed by atoms with E-state index in [9.17, 15) is 19.6 Å². The lowest BCUT2D eigenvalue weighted by molar-refractivity contribution is -0.143. The molecule has 12 heteroatoms. The van der Waals surface area contributed by atoms with Crippen LogP contribution in [-0.4, -0.2) is 55.4 Å². The highest BCUT2D eigenvalue weighted by atomic mass is 16.5. The molecule has 3 aromatic heterocycles. The van der Waals surface area contributed by atoms with E-state index in [4.69, 9.17) is 15.5 Å². The zero-order valence-electron chi connectivity index (χ0n) is 23.0. The fourth-order valence-electron chi connectivity index (χ4n) is 5.17. The summed E-state index contributed by atoms with van der Waals surface area (Å²) in [6, 6.07) is 10.8. The third-order valence-electron chi connectivity index (χ3n) is 7.06. The smallest absolute Gasteiger partial charge is 0.333 e. The van der Waals surface area contributed by atoms with E-state index in [1.54, 1.807) is 42.7 Å². The molecule has 210 valence electrons. The number of nitrogens with zero attached hydrogens (tertiary/aromatic N) is 7. The fraction of sp³-hybridized carbons (Fsp3) is 0.379. The van der Waals surface area contributed by atoms with Crippen molar-refractivity contribution in [2.24, 2.45) is 5.73 Å². The second-order valence-corrected chi connectivity index (χ2v) is 9.80. The van der Waals surface area contributed by atoms with Gasteiger partial charge in [0, 0.05) is 24.5 Å². The third kappa shape index (κ3) is 5.30. The van der Waals surface area contributed by atoms with Crippen LogP contribution in [0.5, 0.6) is 0 Å². The van der Waals surface area contributed by atoms with Crippen LogP contribution in [0.2, 0.25) is 0 Å². The third-order valence-corrected chi connectivity index (χ3v) is 7.06. The molecule has 1 unspecified atom stereocenters. The quantitative estimate of drug-likeness (QED) is 0.263. The van der Waals surface area contributed by atoms with Crippen molar-refractivity contribution in [3.8, 4) is 17.9 Å². The van der Waals surface area contributed by atoms with E-state index < -0.39 is 23.8 Å². The van der Waals surface area contributed by atoms with Crippen LogP contribution in [0.15, 0.2) is 39.9 Å². The number of carbonyl (C=O) groups is 1. The molecule has 1 aliphatic heterocycles. The Morgan fingerprint density at radius 2 is 2.00 bits per heavy atom. The Morgan fingerprint density at radius 3 is 2.73 bits per heavy atom. The molecule has 0 radical (unpaired) electrons. The summed E-state index contributed by atoms with van der Waals surface area (Å²) in [6.45, 7) is 4.26. The number of aromatic nitrogens is 5. The van der Waals surface area contributed by atoms with Crippen LogP contribution < -0.4 is 21.9 Å². The van der Waals surface area contributed by atoms with Crippen LogP contribution in [0, 0.1) is 23.2 Å². The number of benzene rings is 1. The summed E-state index contributed by atoms with van der Waals surface area (Å²) in [6.07, 6.45) is 1.72. The Labute approximate surface area is 235 Å². The molecule has 12 nitrogen and oxygen atoms in total. The Kier molecular flexibility index (Phi) is 7.86. The van der Waals surface area contributed by atoms with Crippen molar-refractivity contribution in [3.05, 3.63) is 62.4 Å². The van der Waals surface area contributed by atoms with Crippen molar-refractivity contribution in [1.29, 1.82) is 5.26 Å². The minimum atomic E-state index is -0.723. The number of para-hydroxylation sites is 1. The molecule has 2 N–H and O–H groups in total. The molecule has 0 saturated carbocycles. The summed E-state index contributed by atoms with van der Waals surface area (Å²) in [7, 11) is 0. The predicted octanol–water partition coefficient (Wildman–Crippen LogP) is 1.34. The van der Waals surface area contributed by atoms with Crippen LogP contribution in [0.3, 0.4) is 0 Å². The van der Waals surface area contributed by atoms with E-state index in [1.807, 2.05) is 11.0 Å². The van der Waals surface area contributed by atoms with Crippen LogP contribution >= 0.6 is 0 Å². The molecular formula is C29H30N8O4. The number of pyridine rings is 1. The van der Waals surface area contributed by atoms with Crippen molar-refractivity contribution < 1.29 is 9.53 Å². The highest BCUT2D eigenvalue weighted by Gasteiger charge is 2.27. The van der Waals surface area contributed by atoms with Crippen molar-refractivity contribution in [2.75, 3.05) is 24.6 Å². The van der Waals surface area contributed by atoms with Crippen LogP contribution in [0.1, 0.15) is 37.9 Å². The first-order valence-corrected chi connectivity index (χ1v) is 13.4. The van der Waals surface area contributed by atoms with Gasteiger partial charge in [-0.1, -0.05) is 24.1 Å². The van der Waals surface area contributed by atoms with Gasteiger partial charge in [-0.15, -0.1) is 5.92 Å². The molecular weight excluding hydrogens is 524 g/mol. The number of piperidine rings is 1. The number of carbonyl (C=O) groups excluding carboxylic acids is 1. The number of rotatable bonds is 7. The molecule has 0 aliphatic carbocycles. The number of fused-ring (bicyclic) bond motifs is 2. The summed E-state index contributed by atoms with van der Waals surface area (Å²) >= 11 is 0. The first-order chi connectivity index (χ1) is 19.9. The molecule has 0 amide bonds. The van der Waals surface area contributed by atoms with E-state index in [0.717, 1.165) is 22.8 Å². The number of anilines is 1. The molecule has 5 rings (SSSR count). The number of ether oxygens (including phenoxy) is 1. The first kappa shape index (κ1) is 27.6. The Hall–Kier alpha value is -4.94. The van der Waals surface area contributed by atoms with E-state index >= 15 is 0 Å². The number of imidazole rings is 1. The number of nitrogens with two attached hydrogens (primary N) is 1. The van der Waals surface area contributed by atoms with Crippen molar-refractivity contribution in [1.82, 2.24) is 23.7 Å². The number of esters is 1.